The molecule has 1 atom stereocenters. The average Bonchev–Trinajstić information content (AvgIpc) is 3.07. The number of thiophene rings is 1. The Balaban J connectivity index is 0.00000200. The summed E-state index contributed by atoms with van der Waals surface area (Å²) in [6.45, 7) is 2.05. The van der Waals surface area contributed by atoms with Crippen LogP contribution in [0.3, 0.4) is 0 Å². The molecule has 2 aromatic rings. The first-order valence-electron chi connectivity index (χ1n) is 6.24. The molecule has 0 spiro atoms. The minimum Gasteiger partial charge on any atom is -0.339 e. The Bertz CT molecular complexity index is 527. The first-order valence-corrected chi connectivity index (χ1v) is 7.12. The van der Waals surface area contributed by atoms with Crippen molar-refractivity contribution in [2.24, 2.45) is 0 Å². The third-order valence-electron chi connectivity index (χ3n) is 2.85. The van der Waals surface area contributed by atoms with Crippen LogP contribution in [0.4, 0.5) is 0 Å². The molecule has 110 valence electrons. The van der Waals surface area contributed by atoms with Crippen molar-refractivity contribution in [3.63, 3.8) is 0 Å². The zero-order valence-electron chi connectivity index (χ0n) is 11.5. The molecule has 0 radical (unpaired) electrons. The summed E-state index contributed by atoms with van der Waals surface area (Å²) in [6.07, 6.45) is 1.63. The Hall–Kier alpha value is -1.24. The van der Waals surface area contributed by atoms with E-state index in [-0.39, 0.29) is 18.2 Å². The smallest absolute Gasteiger partial charge is 0.227 e. The van der Waals surface area contributed by atoms with E-state index in [0.717, 1.165) is 11.3 Å². The second-order valence-electron chi connectivity index (χ2n) is 4.40. The molecular weight excluding hydrogens is 298 g/mol. The largest absolute Gasteiger partial charge is 0.339 e. The maximum Gasteiger partial charge on any atom is 0.227 e. The normalized spacial score (nSPS) is 11.9. The van der Waals surface area contributed by atoms with Gasteiger partial charge < -0.3 is 9.84 Å². The van der Waals surface area contributed by atoms with Gasteiger partial charge >= 0.3 is 0 Å². The molecule has 0 amide bonds. The van der Waals surface area contributed by atoms with Crippen molar-refractivity contribution < 1.29 is 9.32 Å². The summed E-state index contributed by atoms with van der Waals surface area (Å²) in [7, 11) is 1.89. The Kier molecular flexibility index (Phi) is 6.84. The standard InChI is InChI=1S/C13H17N3O2S.ClH/c1-9(14-2)8-12-15-13(18-16-12)6-5-10(17)11-4-3-7-19-11;/h3-4,7,9,14H,5-6,8H2,1-2H3;1H. The van der Waals surface area contributed by atoms with E-state index in [1.54, 1.807) is 0 Å². The van der Waals surface area contributed by atoms with Gasteiger partial charge in [-0.1, -0.05) is 11.2 Å². The molecule has 1 unspecified atom stereocenters. The van der Waals surface area contributed by atoms with Crippen LogP contribution in [-0.4, -0.2) is 29.0 Å². The molecule has 0 aliphatic carbocycles. The summed E-state index contributed by atoms with van der Waals surface area (Å²) in [5, 5.41) is 8.93. The number of nitrogens with zero attached hydrogens (tertiary/aromatic N) is 2. The topological polar surface area (TPSA) is 68.0 Å². The van der Waals surface area contributed by atoms with Crippen molar-refractivity contribution in [3.8, 4) is 0 Å². The Morgan fingerprint density at radius 3 is 3.00 bits per heavy atom. The highest BCUT2D eigenvalue weighted by molar-refractivity contribution is 7.12. The predicted molar refractivity (Wildman–Crippen MR) is 80.7 cm³/mol. The van der Waals surface area contributed by atoms with Gasteiger partial charge in [-0.25, -0.2) is 0 Å². The summed E-state index contributed by atoms with van der Waals surface area (Å²) < 4.78 is 5.14. The predicted octanol–water partition coefficient (Wildman–Crippen LogP) is 2.52. The van der Waals surface area contributed by atoms with Crippen LogP contribution in [0.1, 0.15) is 34.7 Å². The van der Waals surface area contributed by atoms with Crippen LogP contribution < -0.4 is 5.32 Å². The van der Waals surface area contributed by atoms with Crippen LogP contribution in [0.25, 0.3) is 0 Å². The minimum absolute atomic E-state index is 0. The molecule has 2 aromatic heterocycles. The highest BCUT2D eigenvalue weighted by Gasteiger charge is 2.12. The lowest BCUT2D eigenvalue weighted by molar-refractivity contribution is 0.0983. The number of rotatable bonds is 7. The van der Waals surface area contributed by atoms with Gasteiger partial charge in [-0.05, 0) is 25.4 Å². The zero-order chi connectivity index (χ0) is 13.7. The Morgan fingerprint density at radius 1 is 1.55 bits per heavy atom. The van der Waals surface area contributed by atoms with E-state index in [2.05, 4.69) is 22.4 Å². The SMILES string of the molecule is CNC(C)Cc1noc(CCC(=O)c2cccs2)n1.Cl. The Labute approximate surface area is 128 Å². The van der Waals surface area contributed by atoms with Crippen LogP contribution in [0.15, 0.2) is 22.0 Å². The molecule has 5 nitrogen and oxygen atoms in total. The summed E-state index contributed by atoms with van der Waals surface area (Å²) in [5.41, 5.74) is 0. The number of carbonyl (C=O) groups is 1. The molecule has 0 aromatic carbocycles. The first kappa shape index (κ1) is 16.8. The van der Waals surface area contributed by atoms with Gasteiger partial charge in [0.1, 0.15) is 0 Å². The lowest BCUT2D eigenvalue weighted by Gasteiger charge is -2.04. The number of likely N-dealkylation sites (N-methyl/N-ethyl adjacent to an activating group) is 1. The molecule has 2 rings (SSSR count). The number of carbonyl (C=O) groups excluding carboxylic acids is 1. The molecule has 1 N–H and O–H groups in total. The molecule has 2 heterocycles. The fraction of sp³-hybridized carbons (Fsp3) is 0.462. The van der Waals surface area contributed by atoms with Gasteiger partial charge in [0.2, 0.25) is 5.89 Å². The Morgan fingerprint density at radius 2 is 2.35 bits per heavy atom. The van der Waals surface area contributed by atoms with Crippen molar-refractivity contribution in [3.05, 3.63) is 34.1 Å². The molecular formula is C13H18ClN3O2S. The number of hydrogen-bond acceptors (Lipinski definition) is 6. The maximum atomic E-state index is 11.8. The van der Waals surface area contributed by atoms with Crippen molar-refractivity contribution in [2.45, 2.75) is 32.2 Å². The van der Waals surface area contributed by atoms with Gasteiger partial charge in [0.05, 0.1) is 4.88 Å². The summed E-state index contributed by atoms with van der Waals surface area (Å²) >= 11 is 1.46. The number of halogens is 1. The zero-order valence-corrected chi connectivity index (χ0v) is 13.1. The first-order chi connectivity index (χ1) is 9.19. The number of Topliss-reactive ketones (excluding diaryl/α,β-unsaturated/α-hetero) is 1. The van der Waals surface area contributed by atoms with E-state index >= 15 is 0 Å². The molecule has 0 saturated carbocycles. The minimum atomic E-state index is 0. The molecule has 0 fully saturated rings. The van der Waals surface area contributed by atoms with Crippen molar-refractivity contribution in [2.75, 3.05) is 7.05 Å². The molecule has 0 bridgehead atoms. The number of nitrogens with one attached hydrogen (secondary N) is 1. The lowest BCUT2D eigenvalue weighted by atomic mass is 10.2. The third-order valence-corrected chi connectivity index (χ3v) is 3.76. The van der Waals surface area contributed by atoms with Gasteiger partial charge in [0, 0.05) is 25.3 Å². The number of hydrogen-bond donors (Lipinski definition) is 1. The highest BCUT2D eigenvalue weighted by atomic mass is 35.5. The van der Waals surface area contributed by atoms with Gasteiger partial charge in [0.15, 0.2) is 11.6 Å². The quantitative estimate of drug-likeness (QED) is 0.795. The third kappa shape index (κ3) is 4.70. The molecule has 7 heteroatoms. The number of ketones is 1. The van der Waals surface area contributed by atoms with E-state index in [4.69, 9.17) is 4.52 Å². The van der Waals surface area contributed by atoms with Gasteiger partial charge in [-0.15, -0.1) is 23.7 Å². The van der Waals surface area contributed by atoms with Crippen LogP contribution in [-0.2, 0) is 12.8 Å². The van der Waals surface area contributed by atoms with E-state index in [1.165, 1.54) is 11.3 Å². The van der Waals surface area contributed by atoms with Gasteiger partial charge in [0.25, 0.3) is 0 Å². The van der Waals surface area contributed by atoms with Crippen LogP contribution in [0.2, 0.25) is 0 Å². The van der Waals surface area contributed by atoms with Crippen molar-refractivity contribution in [1.29, 1.82) is 0 Å². The molecule has 0 aliphatic heterocycles. The summed E-state index contributed by atoms with van der Waals surface area (Å²) in [6, 6.07) is 4.01. The van der Waals surface area contributed by atoms with Gasteiger partial charge in [-0.2, -0.15) is 4.98 Å². The number of aryl methyl sites for hydroxylation is 1. The van der Waals surface area contributed by atoms with Crippen LogP contribution >= 0.6 is 23.7 Å². The van der Waals surface area contributed by atoms with E-state index in [1.807, 2.05) is 24.6 Å². The van der Waals surface area contributed by atoms with E-state index in [0.29, 0.717) is 30.6 Å². The maximum absolute atomic E-state index is 11.8. The second kappa shape index (κ2) is 8.14. The highest BCUT2D eigenvalue weighted by Crippen LogP contribution is 2.13. The monoisotopic (exact) mass is 315 g/mol. The summed E-state index contributed by atoms with van der Waals surface area (Å²) in [4.78, 5) is 16.9. The average molecular weight is 316 g/mol. The molecule has 0 aliphatic rings. The second-order valence-corrected chi connectivity index (χ2v) is 5.35. The summed E-state index contributed by atoms with van der Waals surface area (Å²) in [5.74, 6) is 1.34. The van der Waals surface area contributed by atoms with Crippen molar-refractivity contribution in [1.82, 2.24) is 15.5 Å². The molecule has 0 saturated heterocycles. The van der Waals surface area contributed by atoms with Crippen LogP contribution in [0, 0.1) is 0 Å². The van der Waals surface area contributed by atoms with Crippen LogP contribution in [0.5, 0.6) is 0 Å². The fourth-order valence-corrected chi connectivity index (χ4v) is 2.33. The van der Waals surface area contributed by atoms with E-state index < -0.39 is 0 Å². The molecule has 20 heavy (non-hydrogen) atoms. The van der Waals surface area contributed by atoms with Gasteiger partial charge in [-0.3, -0.25) is 4.79 Å². The number of aromatic nitrogens is 2. The fourth-order valence-electron chi connectivity index (χ4n) is 1.63. The lowest BCUT2D eigenvalue weighted by Crippen LogP contribution is -2.24. The van der Waals surface area contributed by atoms with E-state index in [9.17, 15) is 4.79 Å². The van der Waals surface area contributed by atoms with Crippen molar-refractivity contribution >= 4 is 29.5 Å².